The summed E-state index contributed by atoms with van der Waals surface area (Å²) in [7, 11) is 3.52. The summed E-state index contributed by atoms with van der Waals surface area (Å²) in [5.74, 6) is 1.13. The number of ether oxygens (including phenoxy) is 2. The number of aryl methyl sites for hydroxylation is 1. The molecule has 4 rings (SSSR count). The van der Waals surface area contributed by atoms with Crippen LogP contribution in [0.5, 0.6) is 5.75 Å². The molecule has 192 valence electrons. The molecule has 2 aromatic carbocycles. The third kappa shape index (κ3) is 7.01. The third-order valence-corrected chi connectivity index (χ3v) is 6.64. The zero-order valence-corrected chi connectivity index (χ0v) is 21.5. The number of hydrogen-bond donors (Lipinski definition) is 1. The first-order valence-electron chi connectivity index (χ1n) is 12.6. The average Bonchev–Trinajstić information content (AvgIpc) is 3.35. The van der Waals surface area contributed by atoms with Crippen LogP contribution in [0.15, 0.2) is 67.0 Å². The number of amides is 1. The number of piperidine rings is 1. The molecule has 0 radical (unpaired) electrons. The second-order valence-corrected chi connectivity index (χ2v) is 9.39. The van der Waals surface area contributed by atoms with Gasteiger partial charge in [0.2, 0.25) is 5.91 Å². The highest BCUT2D eigenvalue weighted by molar-refractivity contribution is 5.75. The molecule has 1 aromatic heterocycles. The summed E-state index contributed by atoms with van der Waals surface area (Å²) >= 11 is 0. The molecule has 2 unspecified atom stereocenters. The number of benzene rings is 2. The summed E-state index contributed by atoms with van der Waals surface area (Å²) in [6, 6.07) is 18.4. The molecule has 8 heteroatoms. The Morgan fingerprint density at radius 3 is 2.72 bits per heavy atom. The fraction of sp³-hybridized carbons (Fsp3) is 0.429. The molecule has 8 nitrogen and oxygen atoms in total. The monoisotopic (exact) mass is 491 g/mol. The van der Waals surface area contributed by atoms with E-state index in [0.29, 0.717) is 19.1 Å². The molecule has 1 fully saturated rings. The summed E-state index contributed by atoms with van der Waals surface area (Å²) in [4.78, 5) is 16.8. The summed E-state index contributed by atoms with van der Waals surface area (Å²) in [5, 5.41) is 7.85. The van der Waals surface area contributed by atoms with E-state index in [1.807, 2.05) is 43.5 Å². The van der Waals surface area contributed by atoms with Gasteiger partial charge in [-0.25, -0.2) is 0 Å². The van der Waals surface area contributed by atoms with Gasteiger partial charge in [-0.1, -0.05) is 35.9 Å². The van der Waals surface area contributed by atoms with Crippen LogP contribution in [-0.4, -0.2) is 67.2 Å². The molecule has 0 spiro atoms. The second kappa shape index (κ2) is 12.4. The van der Waals surface area contributed by atoms with Crippen molar-refractivity contribution in [1.29, 1.82) is 0 Å². The van der Waals surface area contributed by atoms with Gasteiger partial charge < -0.3 is 24.6 Å². The maximum Gasteiger partial charge on any atom is 0.244 e. The number of hydrogen-bond acceptors (Lipinski definition) is 6. The fourth-order valence-corrected chi connectivity index (χ4v) is 4.51. The van der Waals surface area contributed by atoms with Crippen LogP contribution in [0.4, 0.5) is 11.4 Å². The van der Waals surface area contributed by atoms with E-state index in [9.17, 15) is 4.79 Å². The SMILES string of the molecule is COC(Nc1cnn(CC(=O)N(C)CCOc2ccc(C)cc2)c1)C1CCCN(c2ccccc2)C1. The van der Waals surface area contributed by atoms with Crippen LogP contribution in [0.3, 0.4) is 0 Å². The van der Waals surface area contributed by atoms with Crippen LogP contribution in [0.1, 0.15) is 18.4 Å². The minimum atomic E-state index is -0.133. The number of nitrogens with zero attached hydrogens (tertiary/aromatic N) is 4. The van der Waals surface area contributed by atoms with Crippen molar-refractivity contribution in [3.8, 4) is 5.75 Å². The smallest absolute Gasteiger partial charge is 0.244 e. The number of likely N-dealkylation sites (N-methyl/N-ethyl adjacent to an activating group) is 1. The molecule has 2 heterocycles. The van der Waals surface area contributed by atoms with Crippen molar-refractivity contribution in [3.63, 3.8) is 0 Å². The molecule has 1 amide bonds. The molecular formula is C28H37N5O3. The lowest BCUT2D eigenvalue weighted by molar-refractivity contribution is -0.131. The Hall–Kier alpha value is -3.52. The molecule has 1 aliphatic heterocycles. The number of aromatic nitrogens is 2. The second-order valence-electron chi connectivity index (χ2n) is 9.39. The lowest BCUT2D eigenvalue weighted by atomic mass is 9.95. The van der Waals surface area contributed by atoms with Crippen molar-refractivity contribution in [2.75, 3.05) is 50.6 Å². The Morgan fingerprint density at radius 2 is 1.97 bits per heavy atom. The molecule has 0 saturated carbocycles. The van der Waals surface area contributed by atoms with E-state index in [-0.39, 0.29) is 18.7 Å². The van der Waals surface area contributed by atoms with Crippen molar-refractivity contribution in [3.05, 3.63) is 72.6 Å². The highest BCUT2D eigenvalue weighted by atomic mass is 16.5. The Kier molecular flexibility index (Phi) is 8.84. The highest BCUT2D eigenvalue weighted by Crippen LogP contribution is 2.26. The summed E-state index contributed by atoms with van der Waals surface area (Å²) in [5.41, 5.74) is 3.28. The minimum absolute atomic E-state index is 0.0220. The molecule has 1 aliphatic rings. The van der Waals surface area contributed by atoms with Gasteiger partial charge in [-0.3, -0.25) is 9.48 Å². The van der Waals surface area contributed by atoms with Crippen LogP contribution in [0.25, 0.3) is 0 Å². The Morgan fingerprint density at radius 1 is 1.19 bits per heavy atom. The molecule has 2 atom stereocenters. The van der Waals surface area contributed by atoms with Gasteiger partial charge in [0, 0.05) is 45.0 Å². The van der Waals surface area contributed by atoms with Crippen LogP contribution < -0.4 is 15.0 Å². The van der Waals surface area contributed by atoms with Gasteiger partial charge in [-0.15, -0.1) is 0 Å². The van der Waals surface area contributed by atoms with Crippen molar-refractivity contribution in [2.24, 2.45) is 5.92 Å². The topological polar surface area (TPSA) is 71.9 Å². The van der Waals surface area contributed by atoms with Gasteiger partial charge in [-0.05, 0) is 44.0 Å². The van der Waals surface area contributed by atoms with Gasteiger partial charge >= 0.3 is 0 Å². The van der Waals surface area contributed by atoms with Gasteiger partial charge in [0.25, 0.3) is 0 Å². The van der Waals surface area contributed by atoms with E-state index < -0.39 is 0 Å². The summed E-state index contributed by atoms with van der Waals surface area (Å²) in [6.07, 6.45) is 5.69. The first-order chi connectivity index (χ1) is 17.5. The predicted molar refractivity (Wildman–Crippen MR) is 142 cm³/mol. The average molecular weight is 492 g/mol. The predicted octanol–water partition coefficient (Wildman–Crippen LogP) is 4.03. The van der Waals surface area contributed by atoms with Crippen molar-refractivity contribution in [1.82, 2.24) is 14.7 Å². The number of carbonyl (C=O) groups excluding carboxylic acids is 1. The van der Waals surface area contributed by atoms with Crippen LogP contribution in [-0.2, 0) is 16.1 Å². The van der Waals surface area contributed by atoms with Crippen LogP contribution in [0.2, 0.25) is 0 Å². The Balaban J connectivity index is 1.25. The van der Waals surface area contributed by atoms with Gasteiger partial charge in [0.05, 0.1) is 18.4 Å². The fourth-order valence-electron chi connectivity index (χ4n) is 4.51. The molecule has 0 aliphatic carbocycles. The van der Waals surface area contributed by atoms with Gasteiger partial charge in [0.15, 0.2) is 0 Å². The largest absolute Gasteiger partial charge is 0.492 e. The first-order valence-corrected chi connectivity index (χ1v) is 12.6. The third-order valence-electron chi connectivity index (χ3n) is 6.64. The van der Waals surface area contributed by atoms with Crippen molar-refractivity contribution >= 4 is 17.3 Å². The minimum Gasteiger partial charge on any atom is -0.492 e. The zero-order chi connectivity index (χ0) is 25.3. The molecule has 3 aromatic rings. The number of carbonyl (C=O) groups is 1. The van der Waals surface area contributed by atoms with E-state index in [0.717, 1.165) is 37.4 Å². The number of rotatable bonds is 11. The molecule has 1 saturated heterocycles. The van der Waals surface area contributed by atoms with E-state index in [1.54, 1.807) is 29.9 Å². The Labute approximate surface area is 213 Å². The Bertz CT molecular complexity index is 1090. The quantitative estimate of drug-likeness (QED) is 0.409. The highest BCUT2D eigenvalue weighted by Gasteiger charge is 2.28. The van der Waals surface area contributed by atoms with E-state index >= 15 is 0 Å². The number of methoxy groups -OCH3 is 1. The maximum absolute atomic E-state index is 12.7. The summed E-state index contributed by atoms with van der Waals surface area (Å²) < 4.78 is 13.2. The first kappa shape index (κ1) is 25.6. The molecule has 1 N–H and O–H groups in total. The number of nitrogens with one attached hydrogen (secondary N) is 1. The summed E-state index contributed by atoms with van der Waals surface area (Å²) in [6.45, 7) is 5.14. The van der Waals surface area contributed by atoms with E-state index in [2.05, 4.69) is 39.6 Å². The lowest BCUT2D eigenvalue weighted by Crippen LogP contribution is -2.43. The van der Waals surface area contributed by atoms with Crippen molar-refractivity contribution in [2.45, 2.75) is 32.5 Å². The van der Waals surface area contributed by atoms with Crippen molar-refractivity contribution < 1.29 is 14.3 Å². The normalized spacial score (nSPS) is 16.4. The molecule has 36 heavy (non-hydrogen) atoms. The maximum atomic E-state index is 12.7. The standard InChI is InChI=1S/C28H37N5O3/c1-22-11-13-26(14-12-22)36-17-16-31(2)27(34)21-33-20-24(18-29-33)30-28(35-3)23-8-7-15-32(19-23)25-9-5-4-6-10-25/h4-6,9-14,18,20,23,28,30H,7-8,15-17,19,21H2,1-3H3. The molecule has 0 bridgehead atoms. The number of anilines is 2. The van der Waals surface area contributed by atoms with E-state index in [4.69, 9.17) is 9.47 Å². The number of para-hydroxylation sites is 1. The molecular weight excluding hydrogens is 454 g/mol. The van der Waals surface area contributed by atoms with Gasteiger partial charge in [0.1, 0.15) is 25.1 Å². The zero-order valence-electron chi connectivity index (χ0n) is 21.5. The lowest BCUT2D eigenvalue weighted by Gasteiger charge is -2.38. The van der Waals surface area contributed by atoms with Crippen LogP contribution in [0, 0.1) is 12.8 Å². The van der Waals surface area contributed by atoms with Crippen LogP contribution >= 0.6 is 0 Å². The van der Waals surface area contributed by atoms with Gasteiger partial charge in [-0.2, -0.15) is 5.10 Å². The van der Waals surface area contributed by atoms with E-state index in [1.165, 1.54) is 11.3 Å².